The van der Waals surface area contributed by atoms with Crippen molar-refractivity contribution in [2.45, 2.75) is 26.7 Å². The van der Waals surface area contributed by atoms with Gasteiger partial charge in [0.2, 0.25) is 5.91 Å². The average molecular weight is 339 g/mol. The maximum atomic E-state index is 12.1. The molecule has 0 aliphatic carbocycles. The lowest BCUT2D eigenvalue weighted by molar-refractivity contribution is -0.116. The molecule has 0 spiro atoms. The number of hydrogen-bond acceptors (Lipinski definition) is 6. The van der Waals surface area contributed by atoms with Crippen LogP contribution in [0.3, 0.4) is 0 Å². The molecule has 3 heterocycles. The van der Waals surface area contributed by atoms with E-state index in [0.717, 1.165) is 18.9 Å². The van der Waals surface area contributed by atoms with Gasteiger partial charge in [0.05, 0.1) is 11.9 Å². The minimum absolute atomic E-state index is 0.0929. The third-order valence-corrected chi connectivity index (χ3v) is 3.92. The van der Waals surface area contributed by atoms with Gasteiger partial charge in [0, 0.05) is 32.1 Å². The van der Waals surface area contributed by atoms with Crippen molar-refractivity contribution < 1.29 is 4.79 Å². The first kappa shape index (κ1) is 16.8. The lowest BCUT2D eigenvalue weighted by atomic mass is 10.2. The molecule has 0 radical (unpaired) electrons. The molecule has 1 N–H and O–H groups in total. The van der Waals surface area contributed by atoms with Gasteiger partial charge in [-0.3, -0.25) is 9.78 Å². The summed E-state index contributed by atoms with van der Waals surface area (Å²) in [4.78, 5) is 18.2. The van der Waals surface area contributed by atoms with Gasteiger partial charge in [0.25, 0.3) is 0 Å². The Bertz CT molecular complexity index is 843. The Morgan fingerprint density at radius 3 is 2.76 bits per heavy atom. The molecular weight excluding hydrogens is 318 g/mol. The van der Waals surface area contributed by atoms with Gasteiger partial charge in [-0.2, -0.15) is 4.52 Å². The van der Waals surface area contributed by atoms with Gasteiger partial charge in [-0.1, -0.05) is 0 Å². The van der Waals surface area contributed by atoms with Crippen LogP contribution in [-0.2, 0) is 11.2 Å². The summed E-state index contributed by atoms with van der Waals surface area (Å²) in [6.45, 7) is 5.93. The minimum Gasteiger partial charge on any atom is -0.356 e. The number of aromatic nitrogens is 5. The second kappa shape index (κ2) is 7.69. The Morgan fingerprint density at radius 1 is 1.20 bits per heavy atom. The van der Waals surface area contributed by atoms with E-state index in [9.17, 15) is 4.79 Å². The molecule has 1 amide bonds. The number of amides is 1. The molecule has 130 valence electrons. The van der Waals surface area contributed by atoms with Gasteiger partial charge in [-0.25, -0.2) is 0 Å². The van der Waals surface area contributed by atoms with E-state index in [4.69, 9.17) is 0 Å². The molecule has 25 heavy (non-hydrogen) atoms. The number of pyridine rings is 1. The van der Waals surface area contributed by atoms with Gasteiger partial charge in [-0.15, -0.1) is 15.3 Å². The molecule has 3 aromatic rings. The second-order valence-electron chi connectivity index (χ2n) is 5.54. The van der Waals surface area contributed by atoms with Crippen LogP contribution in [0.1, 0.15) is 26.1 Å². The Labute approximate surface area is 145 Å². The van der Waals surface area contributed by atoms with E-state index in [2.05, 4.69) is 44.3 Å². The number of anilines is 2. The fourth-order valence-corrected chi connectivity index (χ4v) is 2.58. The summed E-state index contributed by atoms with van der Waals surface area (Å²) >= 11 is 0. The summed E-state index contributed by atoms with van der Waals surface area (Å²) in [5, 5.41) is 15.7. The summed E-state index contributed by atoms with van der Waals surface area (Å²) in [6.07, 6.45) is 4.04. The van der Waals surface area contributed by atoms with Gasteiger partial charge in [-0.05, 0) is 38.1 Å². The zero-order chi connectivity index (χ0) is 17.6. The predicted octanol–water partition coefficient (Wildman–Crippen LogP) is 1.94. The quantitative estimate of drug-likeness (QED) is 0.708. The number of fused-ring (bicyclic) bond motifs is 1. The molecule has 3 rings (SSSR count). The number of rotatable bonds is 7. The van der Waals surface area contributed by atoms with E-state index < -0.39 is 0 Å². The predicted molar refractivity (Wildman–Crippen MR) is 95.5 cm³/mol. The lowest BCUT2D eigenvalue weighted by Crippen LogP contribution is -2.23. The highest BCUT2D eigenvalue weighted by Gasteiger charge is 2.12. The van der Waals surface area contributed by atoms with E-state index in [1.807, 2.05) is 12.1 Å². The third kappa shape index (κ3) is 3.90. The normalized spacial score (nSPS) is 10.8. The molecule has 8 heteroatoms. The first-order valence-corrected chi connectivity index (χ1v) is 8.37. The third-order valence-electron chi connectivity index (χ3n) is 3.92. The fraction of sp³-hybridized carbons (Fsp3) is 0.353. The monoisotopic (exact) mass is 339 g/mol. The lowest BCUT2D eigenvalue weighted by Gasteiger charge is -2.19. The van der Waals surface area contributed by atoms with Crippen LogP contribution < -0.4 is 10.2 Å². The zero-order valence-electron chi connectivity index (χ0n) is 14.4. The Kier molecular flexibility index (Phi) is 5.17. The van der Waals surface area contributed by atoms with Crippen LogP contribution in [0.25, 0.3) is 5.65 Å². The first-order chi connectivity index (χ1) is 12.2. The van der Waals surface area contributed by atoms with Crippen molar-refractivity contribution in [3.8, 4) is 0 Å². The highest BCUT2D eigenvalue weighted by molar-refractivity contribution is 5.90. The number of carbonyl (C=O) groups is 1. The fourth-order valence-electron chi connectivity index (χ4n) is 2.58. The van der Waals surface area contributed by atoms with Crippen molar-refractivity contribution >= 4 is 23.1 Å². The Balaban J connectivity index is 1.70. The average Bonchev–Trinajstić information content (AvgIpc) is 3.04. The summed E-state index contributed by atoms with van der Waals surface area (Å²) in [7, 11) is 0. The van der Waals surface area contributed by atoms with Crippen molar-refractivity contribution in [1.29, 1.82) is 0 Å². The van der Waals surface area contributed by atoms with E-state index >= 15 is 0 Å². The van der Waals surface area contributed by atoms with Crippen molar-refractivity contribution in [1.82, 2.24) is 24.8 Å². The molecule has 0 saturated heterocycles. The van der Waals surface area contributed by atoms with E-state index in [1.165, 1.54) is 0 Å². The van der Waals surface area contributed by atoms with Crippen LogP contribution in [0.4, 0.5) is 11.5 Å². The van der Waals surface area contributed by atoms with E-state index in [-0.39, 0.29) is 5.91 Å². The van der Waals surface area contributed by atoms with Crippen LogP contribution in [0.5, 0.6) is 0 Å². The maximum Gasteiger partial charge on any atom is 0.224 e. The van der Waals surface area contributed by atoms with Gasteiger partial charge >= 0.3 is 0 Å². The van der Waals surface area contributed by atoms with Crippen molar-refractivity contribution in [2.75, 3.05) is 23.3 Å². The molecule has 0 aliphatic heterocycles. The van der Waals surface area contributed by atoms with Crippen LogP contribution >= 0.6 is 0 Å². The number of carbonyl (C=O) groups excluding carboxylic acids is 1. The van der Waals surface area contributed by atoms with Crippen molar-refractivity contribution in [2.24, 2.45) is 0 Å². The molecule has 0 aliphatic rings. The van der Waals surface area contributed by atoms with Gasteiger partial charge in [0.15, 0.2) is 11.5 Å². The summed E-state index contributed by atoms with van der Waals surface area (Å²) < 4.78 is 1.71. The molecule has 0 aromatic carbocycles. The van der Waals surface area contributed by atoms with Gasteiger partial charge < -0.3 is 10.2 Å². The van der Waals surface area contributed by atoms with E-state index in [1.54, 1.807) is 29.0 Å². The Morgan fingerprint density at radius 2 is 2.04 bits per heavy atom. The summed E-state index contributed by atoms with van der Waals surface area (Å²) in [5.74, 6) is 1.45. The highest BCUT2D eigenvalue weighted by atomic mass is 16.1. The topological polar surface area (TPSA) is 88.3 Å². The van der Waals surface area contributed by atoms with Crippen molar-refractivity contribution in [3.05, 3.63) is 42.5 Å². The number of hydrogen-bond donors (Lipinski definition) is 1. The number of nitrogens with one attached hydrogen (secondary N) is 1. The molecule has 0 saturated carbocycles. The SMILES string of the molecule is CCN(CC)c1ccc2nnc(CCC(=O)Nc3cccnc3)n2n1. The van der Waals surface area contributed by atoms with Crippen LogP contribution in [0, 0.1) is 0 Å². The number of nitrogens with zero attached hydrogens (tertiary/aromatic N) is 6. The molecule has 0 atom stereocenters. The largest absolute Gasteiger partial charge is 0.356 e. The van der Waals surface area contributed by atoms with E-state index in [0.29, 0.717) is 30.0 Å². The zero-order valence-corrected chi connectivity index (χ0v) is 14.4. The first-order valence-electron chi connectivity index (χ1n) is 8.37. The summed E-state index contributed by atoms with van der Waals surface area (Å²) in [5.41, 5.74) is 1.36. The molecule has 0 unspecified atom stereocenters. The molecular formula is C17H21N7O. The van der Waals surface area contributed by atoms with Crippen LogP contribution in [0.2, 0.25) is 0 Å². The van der Waals surface area contributed by atoms with Crippen LogP contribution in [0.15, 0.2) is 36.7 Å². The second-order valence-corrected chi connectivity index (χ2v) is 5.54. The Hall–Kier alpha value is -3.03. The molecule has 0 fully saturated rings. The number of aryl methyl sites for hydroxylation is 1. The maximum absolute atomic E-state index is 12.1. The molecule has 3 aromatic heterocycles. The standard InChI is InChI=1S/C17H21N7O/c1-3-23(4-2)16-8-7-14-20-21-15(24(14)22-16)9-10-17(25)19-13-6-5-11-18-12-13/h5-8,11-12H,3-4,9-10H2,1-2H3,(H,19,25). The van der Waals surface area contributed by atoms with Crippen molar-refractivity contribution in [3.63, 3.8) is 0 Å². The molecule has 0 bridgehead atoms. The summed E-state index contributed by atoms with van der Waals surface area (Å²) in [6, 6.07) is 7.42. The van der Waals surface area contributed by atoms with Gasteiger partial charge in [0.1, 0.15) is 5.82 Å². The molecule has 8 nitrogen and oxygen atoms in total. The highest BCUT2D eigenvalue weighted by Crippen LogP contribution is 2.13. The van der Waals surface area contributed by atoms with Crippen LogP contribution in [-0.4, -0.2) is 43.8 Å². The smallest absolute Gasteiger partial charge is 0.224 e. The minimum atomic E-state index is -0.0929.